The number of anilines is 1. The van der Waals surface area contributed by atoms with Crippen LogP contribution >= 0.6 is 0 Å². The molecule has 3 rings (SSSR count). The number of nitrogens with zero attached hydrogens (tertiary/aromatic N) is 2. The van der Waals surface area contributed by atoms with Crippen molar-refractivity contribution in [3.63, 3.8) is 0 Å². The van der Waals surface area contributed by atoms with Gasteiger partial charge in [0.15, 0.2) is 5.58 Å². The highest BCUT2D eigenvalue weighted by atomic mass is 16.6. The number of aromatic nitrogens is 1. The largest absolute Gasteiger partial charge is 0.423 e. The number of non-ortho nitro benzene ring substituents is 1. The predicted molar refractivity (Wildman–Crippen MR) is 74.8 cm³/mol. The fourth-order valence-corrected chi connectivity index (χ4v) is 1.98. The van der Waals surface area contributed by atoms with Gasteiger partial charge in [0.1, 0.15) is 5.52 Å². The van der Waals surface area contributed by atoms with E-state index in [2.05, 4.69) is 15.6 Å². The van der Waals surface area contributed by atoms with Crippen LogP contribution in [0.4, 0.5) is 11.7 Å². The Hall–Kier alpha value is -2.15. The molecule has 0 saturated heterocycles. The van der Waals surface area contributed by atoms with Gasteiger partial charge in [-0.05, 0) is 31.9 Å². The minimum Gasteiger partial charge on any atom is -0.423 e. The molecule has 1 aromatic heterocycles. The first-order valence-corrected chi connectivity index (χ1v) is 6.74. The summed E-state index contributed by atoms with van der Waals surface area (Å²) < 4.78 is 5.45. The molecule has 1 aromatic carbocycles. The van der Waals surface area contributed by atoms with E-state index >= 15 is 0 Å². The van der Waals surface area contributed by atoms with Crippen molar-refractivity contribution in [2.45, 2.75) is 25.3 Å². The van der Waals surface area contributed by atoms with Gasteiger partial charge in [-0.3, -0.25) is 10.1 Å². The Bertz CT molecular complexity index is 621. The lowest BCUT2D eigenvalue weighted by Crippen LogP contribution is -2.19. The van der Waals surface area contributed by atoms with Crippen LogP contribution in [0.5, 0.6) is 0 Å². The van der Waals surface area contributed by atoms with E-state index in [4.69, 9.17) is 4.42 Å². The van der Waals surface area contributed by atoms with E-state index in [0.29, 0.717) is 17.1 Å². The molecular formula is C13H16N4O3. The van der Waals surface area contributed by atoms with E-state index < -0.39 is 4.92 Å². The highest BCUT2D eigenvalue weighted by molar-refractivity contribution is 5.77. The molecule has 0 radical (unpaired) electrons. The number of fused-ring (bicyclic) bond motifs is 1. The molecular weight excluding hydrogens is 260 g/mol. The summed E-state index contributed by atoms with van der Waals surface area (Å²) >= 11 is 0. The normalized spacial score (nSPS) is 14.6. The van der Waals surface area contributed by atoms with Crippen molar-refractivity contribution in [3.05, 3.63) is 28.3 Å². The molecule has 0 spiro atoms. The average Bonchev–Trinajstić information content (AvgIpc) is 3.16. The Labute approximate surface area is 115 Å². The topological polar surface area (TPSA) is 93.2 Å². The van der Waals surface area contributed by atoms with Gasteiger partial charge in [0.25, 0.3) is 11.7 Å². The van der Waals surface area contributed by atoms with Gasteiger partial charge in [-0.15, -0.1) is 0 Å². The van der Waals surface area contributed by atoms with Gasteiger partial charge in [0, 0.05) is 18.7 Å². The second-order valence-corrected chi connectivity index (χ2v) is 4.94. The summed E-state index contributed by atoms with van der Waals surface area (Å²) in [4.78, 5) is 14.5. The summed E-state index contributed by atoms with van der Waals surface area (Å²) in [6, 6.07) is 5.54. The molecule has 7 nitrogen and oxygen atoms in total. The number of nitrogens with one attached hydrogen (secondary N) is 2. The lowest BCUT2D eigenvalue weighted by molar-refractivity contribution is -0.384. The zero-order chi connectivity index (χ0) is 13.9. The molecule has 1 aliphatic rings. The number of nitro groups is 1. The average molecular weight is 276 g/mol. The minimum atomic E-state index is -0.446. The molecule has 1 heterocycles. The lowest BCUT2D eigenvalue weighted by Gasteiger charge is -2.02. The Kier molecular flexibility index (Phi) is 3.51. The molecule has 2 N–H and O–H groups in total. The molecule has 7 heteroatoms. The quantitative estimate of drug-likeness (QED) is 0.458. The third-order valence-electron chi connectivity index (χ3n) is 3.22. The van der Waals surface area contributed by atoms with Gasteiger partial charge in [-0.1, -0.05) is 0 Å². The van der Waals surface area contributed by atoms with Crippen molar-refractivity contribution in [3.8, 4) is 0 Å². The first-order valence-electron chi connectivity index (χ1n) is 6.74. The van der Waals surface area contributed by atoms with Gasteiger partial charge in [0.2, 0.25) is 0 Å². The highest BCUT2D eigenvalue weighted by Gasteiger charge is 2.19. The zero-order valence-corrected chi connectivity index (χ0v) is 11.0. The standard InChI is InChI=1S/C13H16N4O3/c18-17(19)10-4-5-11-12(8-10)20-13(16-11)15-7-1-6-14-9-2-3-9/h4-5,8-9,14H,1-3,6-7H2,(H,15,16). The van der Waals surface area contributed by atoms with Crippen LogP contribution < -0.4 is 10.6 Å². The fraction of sp³-hybridized carbons (Fsp3) is 0.462. The Morgan fingerprint density at radius 2 is 2.25 bits per heavy atom. The summed E-state index contributed by atoms with van der Waals surface area (Å²) in [6.07, 6.45) is 3.56. The van der Waals surface area contributed by atoms with Crippen LogP contribution in [-0.2, 0) is 0 Å². The second-order valence-electron chi connectivity index (χ2n) is 4.94. The molecule has 0 bridgehead atoms. The SMILES string of the molecule is O=[N+]([O-])c1ccc2nc(NCCCNC3CC3)oc2c1. The van der Waals surface area contributed by atoms with Gasteiger partial charge in [0.05, 0.1) is 11.0 Å². The smallest absolute Gasteiger partial charge is 0.295 e. The van der Waals surface area contributed by atoms with Crippen molar-refractivity contribution in [2.75, 3.05) is 18.4 Å². The molecule has 1 aliphatic carbocycles. The summed E-state index contributed by atoms with van der Waals surface area (Å²) in [5.41, 5.74) is 1.06. The summed E-state index contributed by atoms with van der Waals surface area (Å²) in [5.74, 6) is 0. The first kappa shape index (κ1) is 12.9. The van der Waals surface area contributed by atoms with Crippen LogP contribution in [-0.4, -0.2) is 29.0 Å². The number of benzene rings is 1. The molecule has 1 saturated carbocycles. The van der Waals surface area contributed by atoms with Crippen LogP contribution in [0.25, 0.3) is 11.1 Å². The van der Waals surface area contributed by atoms with E-state index in [0.717, 1.165) is 25.6 Å². The highest BCUT2D eigenvalue weighted by Crippen LogP contribution is 2.23. The Morgan fingerprint density at radius 1 is 1.40 bits per heavy atom. The molecule has 1 fully saturated rings. The Morgan fingerprint density at radius 3 is 3.00 bits per heavy atom. The van der Waals surface area contributed by atoms with Crippen molar-refractivity contribution >= 4 is 22.8 Å². The number of oxazole rings is 1. The monoisotopic (exact) mass is 276 g/mol. The van der Waals surface area contributed by atoms with Gasteiger partial charge < -0.3 is 15.1 Å². The number of hydrogen-bond donors (Lipinski definition) is 2. The van der Waals surface area contributed by atoms with Crippen LogP contribution in [0.1, 0.15) is 19.3 Å². The van der Waals surface area contributed by atoms with Crippen LogP contribution in [0.15, 0.2) is 22.6 Å². The summed E-state index contributed by atoms with van der Waals surface area (Å²) in [6.45, 7) is 1.73. The van der Waals surface area contributed by atoms with Crippen molar-refractivity contribution in [1.82, 2.24) is 10.3 Å². The molecule has 0 atom stereocenters. The zero-order valence-electron chi connectivity index (χ0n) is 11.0. The van der Waals surface area contributed by atoms with Crippen LogP contribution in [0, 0.1) is 10.1 Å². The van der Waals surface area contributed by atoms with E-state index in [-0.39, 0.29) is 5.69 Å². The van der Waals surface area contributed by atoms with E-state index in [1.807, 2.05) is 0 Å². The maximum atomic E-state index is 10.7. The molecule has 0 amide bonds. The van der Waals surface area contributed by atoms with E-state index in [9.17, 15) is 10.1 Å². The maximum Gasteiger partial charge on any atom is 0.295 e. The third kappa shape index (κ3) is 3.05. The predicted octanol–water partition coefficient (Wildman–Crippen LogP) is 2.29. The number of rotatable bonds is 7. The minimum absolute atomic E-state index is 0.00818. The molecule has 0 aliphatic heterocycles. The first-order chi connectivity index (χ1) is 9.72. The maximum absolute atomic E-state index is 10.7. The second kappa shape index (κ2) is 5.46. The van der Waals surface area contributed by atoms with Gasteiger partial charge in [-0.25, -0.2) is 0 Å². The van der Waals surface area contributed by atoms with Crippen LogP contribution in [0.2, 0.25) is 0 Å². The summed E-state index contributed by atoms with van der Waals surface area (Å²) in [7, 11) is 0. The van der Waals surface area contributed by atoms with Gasteiger partial charge in [-0.2, -0.15) is 4.98 Å². The molecule has 106 valence electrons. The number of nitro benzene ring substituents is 1. The van der Waals surface area contributed by atoms with Crippen molar-refractivity contribution in [1.29, 1.82) is 0 Å². The van der Waals surface area contributed by atoms with E-state index in [1.54, 1.807) is 6.07 Å². The third-order valence-corrected chi connectivity index (χ3v) is 3.22. The Balaban J connectivity index is 1.55. The molecule has 2 aromatic rings. The molecule has 20 heavy (non-hydrogen) atoms. The fourth-order valence-electron chi connectivity index (χ4n) is 1.98. The summed E-state index contributed by atoms with van der Waals surface area (Å²) in [5, 5.41) is 17.2. The van der Waals surface area contributed by atoms with Crippen LogP contribution in [0.3, 0.4) is 0 Å². The lowest BCUT2D eigenvalue weighted by atomic mass is 10.3. The van der Waals surface area contributed by atoms with Crippen molar-refractivity contribution < 1.29 is 9.34 Å². The van der Waals surface area contributed by atoms with E-state index in [1.165, 1.54) is 25.0 Å². The molecule has 0 unspecified atom stereocenters. The number of hydrogen-bond acceptors (Lipinski definition) is 6. The van der Waals surface area contributed by atoms with Gasteiger partial charge >= 0.3 is 0 Å². The van der Waals surface area contributed by atoms with Crippen molar-refractivity contribution in [2.24, 2.45) is 0 Å².